The molecule has 0 bridgehead atoms. The van der Waals surface area contributed by atoms with Gasteiger partial charge in [-0.15, -0.1) is 0 Å². The fourth-order valence-corrected chi connectivity index (χ4v) is 3.29. The van der Waals surface area contributed by atoms with Gasteiger partial charge in [-0.05, 0) is 36.5 Å². The van der Waals surface area contributed by atoms with Crippen molar-refractivity contribution in [3.63, 3.8) is 0 Å². The zero-order valence-corrected chi connectivity index (χ0v) is 11.7. The summed E-state index contributed by atoms with van der Waals surface area (Å²) in [5.41, 5.74) is 1.12. The van der Waals surface area contributed by atoms with Gasteiger partial charge in [-0.25, -0.2) is 0 Å². The largest absolute Gasteiger partial charge is 0.322 e. The van der Waals surface area contributed by atoms with Crippen LogP contribution in [0.15, 0.2) is 24.3 Å². The smallest absolute Gasteiger partial charge is 0.238 e. The molecule has 0 spiro atoms. The van der Waals surface area contributed by atoms with E-state index in [0.717, 1.165) is 17.1 Å². The first-order valence-corrected chi connectivity index (χ1v) is 7.40. The molecule has 0 aromatic heterocycles. The van der Waals surface area contributed by atoms with Crippen LogP contribution >= 0.6 is 11.6 Å². The Hall–Kier alpha value is -1.06. The molecule has 1 unspecified atom stereocenters. The summed E-state index contributed by atoms with van der Waals surface area (Å²) in [6.45, 7) is 1.33. The number of nitrogens with zero attached hydrogens (tertiary/aromatic N) is 1. The lowest BCUT2D eigenvalue weighted by molar-refractivity contribution is -0.128. The van der Waals surface area contributed by atoms with Crippen LogP contribution in [0.3, 0.4) is 0 Å². The van der Waals surface area contributed by atoms with Crippen molar-refractivity contribution in [1.82, 2.24) is 10.2 Å². The van der Waals surface area contributed by atoms with E-state index in [1.54, 1.807) is 0 Å². The molecule has 3 rings (SSSR count). The standard InChI is InChI=1S/C15H19ClN2O/c16-13-7-5-12(6-8-13)15-17-9-14(19)18(15)10-11-3-1-2-4-11/h5-8,11,15,17H,1-4,9-10H2. The third kappa shape index (κ3) is 2.77. The lowest BCUT2D eigenvalue weighted by Gasteiger charge is -2.27. The van der Waals surface area contributed by atoms with Crippen LogP contribution in [-0.2, 0) is 4.79 Å². The van der Waals surface area contributed by atoms with E-state index in [9.17, 15) is 4.79 Å². The van der Waals surface area contributed by atoms with Crippen molar-refractivity contribution in [2.45, 2.75) is 31.8 Å². The fraction of sp³-hybridized carbons (Fsp3) is 0.533. The zero-order chi connectivity index (χ0) is 13.2. The van der Waals surface area contributed by atoms with E-state index >= 15 is 0 Å². The molecule has 4 heteroatoms. The molecular weight excluding hydrogens is 260 g/mol. The van der Waals surface area contributed by atoms with Crippen molar-refractivity contribution >= 4 is 17.5 Å². The Balaban J connectivity index is 1.75. The van der Waals surface area contributed by atoms with Gasteiger partial charge in [-0.2, -0.15) is 0 Å². The highest BCUT2D eigenvalue weighted by atomic mass is 35.5. The summed E-state index contributed by atoms with van der Waals surface area (Å²) >= 11 is 5.92. The molecule has 1 saturated carbocycles. The average molecular weight is 279 g/mol. The minimum absolute atomic E-state index is 0.0189. The predicted molar refractivity (Wildman–Crippen MR) is 75.9 cm³/mol. The first-order valence-electron chi connectivity index (χ1n) is 7.02. The number of halogens is 1. The predicted octanol–water partition coefficient (Wildman–Crippen LogP) is 2.96. The van der Waals surface area contributed by atoms with Gasteiger partial charge in [0.05, 0.1) is 6.54 Å². The number of carbonyl (C=O) groups is 1. The molecule has 2 fully saturated rings. The van der Waals surface area contributed by atoms with E-state index in [1.165, 1.54) is 25.7 Å². The number of carbonyl (C=O) groups excluding carboxylic acids is 1. The van der Waals surface area contributed by atoms with E-state index in [0.29, 0.717) is 12.5 Å². The van der Waals surface area contributed by atoms with Crippen LogP contribution in [-0.4, -0.2) is 23.9 Å². The van der Waals surface area contributed by atoms with Gasteiger partial charge in [0.25, 0.3) is 0 Å². The lowest BCUT2D eigenvalue weighted by Crippen LogP contribution is -2.34. The second kappa shape index (κ2) is 5.51. The maximum Gasteiger partial charge on any atom is 0.238 e. The Labute approximate surface area is 118 Å². The number of rotatable bonds is 3. The summed E-state index contributed by atoms with van der Waals surface area (Å²) in [4.78, 5) is 14.0. The molecule has 19 heavy (non-hydrogen) atoms. The van der Waals surface area contributed by atoms with Crippen LogP contribution in [0.4, 0.5) is 0 Å². The molecule has 1 aromatic rings. The van der Waals surface area contributed by atoms with Crippen molar-refractivity contribution in [2.24, 2.45) is 5.92 Å². The number of hydrogen-bond donors (Lipinski definition) is 1. The molecule has 1 atom stereocenters. The first-order chi connectivity index (χ1) is 9.24. The van der Waals surface area contributed by atoms with Gasteiger partial charge in [0.15, 0.2) is 0 Å². The van der Waals surface area contributed by atoms with Crippen LogP contribution in [0.5, 0.6) is 0 Å². The second-order valence-corrected chi connectivity index (χ2v) is 5.97. The lowest BCUT2D eigenvalue weighted by atomic mass is 10.1. The number of nitrogens with one attached hydrogen (secondary N) is 1. The van der Waals surface area contributed by atoms with Gasteiger partial charge in [-0.1, -0.05) is 36.6 Å². The fourth-order valence-electron chi connectivity index (χ4n) is 3.16. The zero-order valence-electron chi connectivity index (χ0n) is 10.9. The molecule has 3 nitrogen and oxygen atoms in total. The number of amides is 1. The van der Waals surface area contributed by atoms with E-state index < -0.39 is 0 Å². The molecule has 1 N–H and O–H groups in total. The Morgan fingerprint density at radius 3 is 2.58 bits per heavy atom. The summed E-state index contributed by atoms with van der Waals surface area (Å²) in [5, 5.41) is 4.03. The van der Waals surface area contributed by atoms with Crippen LogP contribution in [0, 0.1) is 5.92 Å². The van der Waals surface area contributed by atoms with Crippen molar-refractivity contribution < 1.29 is 4.79 Å². The Morgan fingerprint density at radius 2 is 1.89 bits per heavy atom. The number of benzene rings is 1. The van der Waals surface area contributed by atoms with E-state index in [2.05, 4.69) is 5.32 Å². The van der Waals surface area contributed by atoms with Crippen molar-refractivity contribution in [2.75, 3.05) is 13.1 Å². The molecule has 1 aliphatic carbocycles. The third-order valence-corrected chi connectivity index (χ3v) is 4.45. The summed E-state index contributed by atoms with van der Waals surface area (Å²) < 4.78 is 0. The molecule has 102 valence electrons. The van der Waals surface area contributed by atoms with Crippen LogP contribution in [0.2, 0.25) is 5.02 Å². The van der Waals surface area contributed by atoms with Gasteiger partial charge in [0.1, 0.15) is 6.17 Å². The van der Waals surface area contributed by atoms with Crippen LogP contribution < -0.4 is 5.32 Å². The third-order valence-electron chi connectivity index (χ3n) is 4.19. The summed E-state index contributed by atoms with van der Waals surface area (Å²) in [6, 6.07) is 7.77. The average Bonchev–Trinajstić information content (AvgIpc) is 3.03. The SMILES string of the molecule is O=C1CNC(c2ccc(Cl)cc2)N1CC1CCCC1. The van der Waals surface area contributed by atoms with Gasteiger partial charge in [-0.3, -0.25) is 10.1 Å². The highest BCUT2D eigenvalue weighted by Crippen LogP contribution is 2.30. The van der Waals surface area contributed by atoms with Gasteiger partial charge >= 0.3 is 0 Å². The highest BCUT2D eigenvalue weighted by molar-refractivity contribution is 6.30. The summed E-state index contributed by atoms with van der Waals surface area (Å²) in [5.74, 6) is 0.894. The maximum absolute atomic E-state index is 12.1. The Kier molecular flexibility index (Phi) is 3.76. The Morgan fingerprint density at radius 1 is 1.21 bits per heavy atom. The normalized spacial score (nSPS) is 24.4. The molecular formula is C15H19ClN2O. The minimum atomic E-state index is 0.0189. The van der Waals surface area contributed by atoms with Gasteiger partial charge in [0.2, 0.25) is 5.91 Å². The van der Waals surface area contributed by atoms with E-state index in [1.807, 2.05) is 29.2 Å². The molecule has 0 radical (unpaired) electrons. The topological polar surface area (TPSA) is 32.3 Å². The quantitative estimate of drug-likeness (QED) is 0.922. The summed E-state index contributed by atoms with van der Waals surface area (Å²) in [6.07, 6.45) is 5.16. The van der Waals surface area contributed by atoms with Crippen molar-refractivity contribution in [3.05, 3.63) is 34.9 Å². The van der Waals surface area contributed by atoms with Crippen LogP contribution in [0.1, 0.15) is 37.4 Å². The first kappa shape index (κ1) is 12.9. The molecule has 1 aliphatic heterocycles. The number of hydrogen-bond acceptors (Lipinski definition) is 2. The second-order valence-electron chi connectivity index (χ2n) is 5.53. The highest BCUT2D eigenvalue weighted by Gasteiger charge is 2.33. The van der Waals surface area contributed by atoms with Gasteiger partial charge in [0, 0.05) is 11.6 Å². The molecule has 1 amide bonds. The Bertz CT molecular complexity index is 454. The molecule has 1 aromatic carbocycles. The van der Waals surface area contributed by atoms with Crippen LogP contribution in [0.25, 0.3) is 0 Å². The molecule has 2 aliphatic rings. The van der Waals surface area contributed by atoms with E-state index in [4.69, 9.17) is 11.6 Å². The summed E-state index contributed by atoms with van der Waals surface area (Å²) in [7, 11) is 0. The van der Waals surface area contributed by atoms with E-state index in [-0.39, 0.29) is 12.1 Å². The monoisotopic (exact) mass is 278 g/mol. The minimum Gasteiger partial charge on any atom is -0.322 e. The maximum atomic E-state index is 12.1. The van der Waals surface area contributed by atoms with Crippen molar-refractivity contribution in [3.8, 4) is 0 Å². The van der Waals surface area contributed by atoms with Crippen molar-refractivity contribution in [1.29, 1.82) is 0 Å². The molecule has 1 saturated heterocycles. The van der Waals surface area contributed by atoms with Gasteiger partial charge < -0.3 is 4.90 Å². The molecule has 1 heterocycles.